The summed E-state index contributed by atoms with van der Waals surface area (Å²) in [5, 5.41) is 10.5. The average Bonchev–Trinajstić information content (AvgIpc) is 1.83. The van der Waals surface area contributed by atoms with E-state index in [1.807, 2.05) is 13.1 Å². The average molecular weight is 210 g/mol. The standard InChI is InChI=1S/C9H20O3Si.Li/c1-7(8(10)11)12-13(5,6)9(2,3)4;/h7H,1-6H3,(H,10,11);/q;+1/p-1/t7-;/m0./s1. The van der Waals surface area contributed by atoms with E-state index in [-0.39, 0.29) is 23.9 Å². The van der Waals surface area contributed by atoms with Gasteiger partial charge in [0.25, 0.3) is 0 Å². The number of aliphatic carboxylic acids is 1. The van der Waals surface area contributed by atoms with Crippen molar-refractivity contribution in [2.45, 2.75) is 51.9 Å². The number of hydrogen-bond donors (Lipinski definition) is 0. The van der Waals surface area contributed by atoms with E-state index in [0.29, 0.717) is 0 Å². The normalized spacial score (nSPS) is 14.4. The molecule has 0 amide bonds. The van der Waals surface area contributed by atoms with Gasteiger partial charge in [0.1, 0.15) is 0 Å². The summed E-state index contributed by atoms with van der Waals surface area (Å²) < 4.78 is 5.54. The number of carboxylic acid groups (broad SMARTS) is 1. The zero-order valence-corrected chi connectivity index (χ0v) is 11.3. The van der Waals surface area contributed by atoms with Gasteiger partial charge in [-0.05, 0) is 25.1 Å². The number of carbonyl (C=O) groups is 1. The van der Waals surface area contributed by atoms with Gasteiger partial charge >= 0.3 is 18.9 Å². The topological polar surface area (TPSA) is 49.4 Å². The molecular weight excluding hydrogens is 191 g/mol. The first-order valence-corrected chi connectivity index (χ1v) is 7.37. The molecule has 0 aliphatic carbocycles. The van der Waals surface area contributed by atoms with Crippen LogP contribution in [0, 0.1) is 0 Å². The third-order valence-electron chi connectivity index (χ3n) is 2.61. The van der Waals surface area contributed by atoms with Gasteiger partial charge in [-0.3, -0.25) is 0 Å². The summed E-state index contributed by atoms with van der Waals surface area (Å²) in [5.74, 6) is -1.13. The van der Waals surface area contributed by atoms with E-state index in [1.165, 1.54) is 6.92 Å². The van der Waals surface area contributed by atoms with Crippen molar-refractivity contribution < 1.29 is 33.2 Å². The second-order valence-electron chi connectivity index (χ2n) is 4.84. The Morgan fingerprint density at radius 1 is 1.36 bits per heavy atom. The van der Waals surface area contributed by atoms with Crippen LogP contribution in [0.4, 0.5) is 0 Å². The van der Waals surface area contributed by atoms with Gasteiger partial charge in [-0.2, -0.15) is 0 Å². The zero-order chi connectivity index (χ0) is 10.9. The minimum atomic E-state index is -1.95. The Morgan fingerprint density at radius 3 is 1.93 bits per heavy atom. The first-order valence-electron chi connectivity index (χ1n) is 4.46. The van der Waals surface area contributed by atoms with Crippen molar-refractivity contribution in [3.05, 3.63) is 0 Å². The van der Waals surface area contributed by atoms with Gasteiger partial charge in [-0.15, -0.1) is 0 Å². The van der Waals surface area contributed by atoms with Crippen LogP contribution in [0.2, 0.25) is 18.1 Å². The molecule has 0 saturated heterocycles. The molecule has 1 atom stereocenters. The first kappa shape index (κ1) is 16.7. The maximum atomic E-state index is 10.5. The van der Waals surface area contributed by atoms with Gasteiger partial charge in [0.05, 0.1) is 12.1 Å². The van der Waals surface area contributed by atoms with Crippen LogP contribution in [0.1, 0.15) is 27.7 Å². The molecule has 0 aromatic heterocycles. The third-order valence-corrected chi connectivity index (χ3v) is 7.16. The Labute approximate surface area is 99.5 Å². The Hall–Kier alpha value is 0.244. The van der Waals surface area contributed by atoms with Crippen LogP contribution in [-0.4, -0.2) is 20.4 Å². The van der Waals surface area contributed by atoms with Crippen molar-refractivity contribution in [2.75, 3.05) is 0 Å². The van der Waals surface area contributed by atoms with Crippen molar-refractivity contribution >= 4 is 14.3 Å². The predicted octanol–water partition coefficient (Wildman–Crippen LogP) is -1.85. The fourth-order valence-electron chi connectivity index (χ4n) is 0.667. The van der Waals surface area contributed by atoms with Crippen LogP contribution < -0.4 is 24.0 Å². The van der Waals surface area contributed by atoms with Crippen molar-refractivity contribution in [3.8, 4) is 0 Å². The number of carboxylic acids is 1. The molecular formula is C9H19LiO3Si. The molecule has 0 fully saturated rings. The molecule has 0 unspecified atom stereocenters. The van der Waals surface area contributed by atoms with Gasteiger partial charge in [0.15, 0.2) is 8.32 Å². The molecule has 0 saturated carbocycles. The van der Waals surface area contributed by atoms with Gasteiger partial charge < -0.3 is 14.3 Å². The van der Waals surface area contributed by atoms with Crippen LogP contribution in [0.3, 0.4) is 0 Å². The summed E-state index contributed by atoms with van der Waals surface area (Å²) in [6.45, 7) is 11.8. The molecule has 0 N–H and O–H groups in total. The van der Waals surface area contributed by atoms with Crippen LogP contribution in [0.5, 0.6) is 0 Å². The molecule has 0 spiro atoms. The van der Waals surface area contributed by atoms with Gasteiger partial charge in [0, 0.05) is 0 Å². The zero-order valence-electron chi connectivity index (χ0n) is 10.3. The molecule has 78 valence electrons. The molecule has 0 radical (unpaired) electrons. The van der Waals surface area contributed by atoms with Crippen LogP contribution in [0.15, 0.2) is 0 Å². The number of hydrogen-bond acceptors (Lipinski definition) is 3. The third kappa shape index (κ3) is 4.65. The van der Waals surface area contributed by atoms with E-state index in [9.17, 15) is 9.90 Å². The first-order chi connectivity index (χ1) is 5.58. The van der Waals surface area contributed by atoms with Crippen LogP contribution in [-0.2, 0) is 9.22 Å². The number of carbonyl (C=O) groups excluding carboxylic acids is 1. The Bertz CT molecular complexity index is 199. The molecule has 0 aliphatic heterocycles. The van der Waals surface area contributed by atoms with Crippen LogP contribution in [0.25, 0.3) is 0 Å². The maximum absolute atomic E-state index is 10.5. The number of rotatable bonds is 3. The van der Waals surface area contributed by atoms with E-state index in [1.54, 1.807) is 0 Å². The van der Waals surface area contributed by atoms with E-state index >= 15 is 0 Å². The summed E-state index contributed by atoms with van der Waals surface area (Å²) in [7, 11) is -1.95. The molecule has 0 bridgehead atoms. The fourth-order valence-corrected chi connectivity index (χ4v) is 2.00. The second-order valence-corrected chi connectivity index (χ2v) is 9.60. The summed E-state index contributed by atoms with van der Waals surface area (Å²) in [6.07, 6.45) is -0.805. The smallest absolute Gasteiger partial charge is 0.547 e. The largest absolute Gasteiger partial charge is 1.00 e. The summed E-state index contributed by atoms with van der Waals surface area (Å²) >= 11 is 0. The van der Waals surface area contributed by atoms with Crippen molar-refractivity contribution in [1.82, 2.24) is 0 Å². The Morgan fingerprint density at radius 2 is 1.71 bits per heavy atom. The van der Waals surface area contributed by atoms with E-state index < -0.39 is 20.4 Å². The van der Waals surface area contributed by atoms with Crippen LogP contribution >= 0.6 is 0 Å². The van der Waals surface area contributed by atoms with E-state index in [0.717, 1.165) is 0 Å². The van der Waals surface area contributed by atoms with Crippen molar-refractivity contribution in [1.29, 1.82) is 0 Å². The summed E-state index contributed by atoms with van der Waals surface area (Å²) in [5.41, 5.74) is 0. The van der Waals surface area contributed by atoms with Gasteiger partial charge in [0.2, 0.25) is 0 Å². The summed E-state index contributed by atoms with van der Waals surface area (Å²) in [4.78, 5) is 10.5. The Kier molecular flexibility index (Phi) is 6.38. The van der Waals surface area contributed by atoms with E-state index in [4.69, 9.17) is 4.43 Å². The van der Waals surface area contributed by atoms with E-state index in [2.05, 4.69) is 20.8 Å². The predicted molar refractivity (Wildman–Crippen MR) is 52.8 cm³/mol. The monoisotopic (exact) mass is 210 g/mol. The second kappa shape index (κ2) is 5.36. The minimum absolute atomic E-state index is 0. The van der Waals surface area contributed by atoms with Gasteiger partial charge in [-0.25, -0.2) is 0 Å². The Balaban J connectivity index is 0. The maximum Gasteiger partial charge on any atom is 1.00 e. The summed E-state index contributed by atoms with van der Waals surface area (Å²) in [6, 6.07) is 0. The molecule has 0 rings (SSSR count). The minimum Gasteiger partial charge on any atom is -0.547 e. The molecule has 0 aliphatic rings. The molecule has 0 aromatic rings. The van der Waals surface area contributed by atoms with Crippen molar-refractivity contribution in [3.63, 3.8) is 0 Å². The SMILES string of the molecule is C[C@H](O[Si](C)(C)C(C)(C)C)C(=O)[O-].[Li+]. The molecule has 14 heavy (non-hydrogen) atoms. The molecule has 0 aromatic carbocycles. The quantitative estimate of drug-likeness (QED) is 0.514. The van der Waals surface area contributed by atoms with Gasteiger partial charge in [-0.1, -0.05) is 20.8 Å². The fraction of sp³-hybridized carbons (Fsp3) is 0.889. The molecule has 0 heterocycles. The van der Waals surface area contributed by atoms with Crippen molar-refractivity contribution in [2.24, 2.45) is 0 Å². The molecule has 3 nitrogen and oxygen atoms in total. The molecule has 5 heteroatoms.